The SMILES string of the molecule is CC(=O)c1cc(Br)ccc1O.CC(=O)c1cc(Br)ccc1OS(=O)(=O)C(F)(F)F. The standard InChI is InChI=1S/C9H6BrF3O4S.C8H7BrO2/c1-5(14)7-4-6(10)2-3-8(7)17-18(15,16)9(11,12)13;1-5(10)7-4-6(9)2-3-8(7)11/h2-4H,1H3;2-4,11H,1H3. The lowest BCUT2D eigenvalue weighted by atomic mass is 10.1. The van der Waals surface area contributed by atoms with Gasteiger partial charge in [0.1, 0.15) is 5.75 Å². The average Bonchev–Trinajstić information content (AvgIpc) is 2.57. The molecular weight excluding hydrogens is 549 g/mol. The van der Waals surface area contributed by atoms with Crippen molar-refractivity contribution in [1.29, 1.82) is 0 Å². The highest BCUT2D eigenvalue weighted by Gasteiger charge is 2.48. The topological polar surface area (TPSA) is 97.7 Å². The summed E-state index contributed by atoms with van der Waals surface area (Å²) in [5.74, 6) is -1.39. The van der Waals surface area contributed by atoms with Gasteiger partial charge in [-0.15, -0.1) is 0 Å². The van der Waals surface area contributed by atoms with Gasteiger partial charge in [-0.2, -0.15) is 21.6 Å². The fraction of sp³-hybridized carbons (Fsp3) is 0.176. The van der Waals surface area contributed by atoms with E-state index in [2.05, 4.69) is 36.0 Å². The van der Waals surface area contributed by atoms with Crippen LogP contribution in [0.25, 0.3) is 0 Å². The maximum absolute atomic E-state index is 12.1. The van der Waals surface area contributed by atoms with Crippen LogP contribution in [0.15, 0.2) is 45.3 Å². The first-order valence-electron chi connectivity index (χ1n) is 7.46. The summed E-state index contributed by atoms with van der Waals surface area (Å²) in [4.78, 5) is 22.0. The van der Waals surface area contributed by atoms with Gasteiger partial charge in [0.25, 0.3) is 0 Å². The van der Waals surface area contributed by atoms with Gasteiger partial charge >= 0.3 is 15.6 Å². The molecular formula is C17H13Br2F3O6S. The maximum atomic E-state index is 12.1. The number of aromatic hydroxyl groups is 1. The van der Waals surface area contributed by atoms with E-state index in [0.29, 0.717) is 10.0 Å². The molecule has 0 aliphatic heterocycles. The number of hydrogen-bond donors (Lipinski definition) is 1. The number of ketones is 2. The molecule has 0 atom stereocenters. The Labute approximate surface area is 181 Å². The van der Waals surface area contributed by atoms with Crippen LogP contribution in [0, 0.1) is 0 Å². The number of Topliss-reactive ketones (excluding diaryl/α,β-unsaturated/α-hetero) is 2. The number of phenolic OH excluding ortho intramolecular Hbond substituents is 1. The highest BCUT2D eigenvalue weighted by molar-refractivity contribution is 9.10. The summed E-state index contributed by atoms with van der Waals surface area (Å²) < 4.78 is 63.1. The van der Waals surface area contributed by atoms with Crippen LogP contribution < -0.4 is 4.18 Å². The van der Waals surface area contributed by atoms with Crippen molar-refractivity contribution in [2.75, 3.05) is 0 Å². The average molecular weight is 562 g/mol. The molecule has 0 unspecified atom stereocenters. The van der Waals surface area contributed by atoms with Gasteiger partial charge in [-0.1, -0.05) is 31.9 Å². The Morgan fingerprint density at radius 1 is 0.931 bits per heavy atom. The highest BCUT2D eigenvalue weighted by Crippen LogP contribution is 2.30. The minimum absolute atomic E-state index is 0.0284. The molecule has 0 saturated heterocycles. The third-order valence-electron chi connectivity index (χ3n) is 3.14. The third-order valence-corrected chi connectivity index (χ3v) is 5.09. The second kappa shape index (κ2) is 9.72. The summed E-state index contributed by atoms with van der Waals surface area (Å²) in [6.07, 6.45) is 0. The number of carbonyl (C=O) groups is 2. The third kappa shape index (κ3) is 7.12. The number of benzene rings is 2. The van der Waals surface area contributed by atoms with Gasteiger partial charge in [0.15, 0.2) is 17.3 Å². The van der Waals surface area contributed by atoms with E-state index in [1.165, 1.54) is 25.1 Å². The smallest absolute Gasteiger partial charge is 0.507 e. The molecule has 0 fully saturated rings. The van der Waals surface area contributed by atoms with Crippen LogP contribution in [0.5, 0.6) is 11.5 Å². The molecule has 12 heteroatoms. The Kier molecular flexibility index (Phi) is 8.42. The molecule has 0 heterocycles. The summed E-state index contributed by atoms with van der Waals surface area (Å²) >= 11 is 6.21. The Bertz CT molecular complexity index is 1040. The van der Waals surface area contributed by atoms with Crippen molar-refractivity contribution >= 4 is 53.5 Å². The van der Waals surface area contributed by atoms with E-state index < -0.39 is 27.2 Å². The summed E-state index contributed by atoms with van der Waals surface area (Å²) in [5, 5.41) is 9.16. The largest absolute Gasteiger partial charge is 0.534 e. The zero-order valence-corrected chi connectivity index (χ0v) is 18.7. The second-order valence-corrected chi connectivity index (χ2v) is 8.77. The predicted octanol–water partition coefficient (Wildman–Crippen LogP) is 5.24. The van der Waals surface area contributed by atoms with Gasteiger partial charge in [0, 0.05) is 8.95 Å². The number of phenols is 1. The van der Waals surface area contributed by atoms with Crippen LogP contribution in [0.4, 0.5) is 13.2 Å². The van der Waals surface area contributed by atoms with E-state index in [-0.39, 0.29) is 17.1 Å². The Morgan fingerprint density at radius 2 is 1.38 bits per heavy atom. The molecule has 158 valence electrons. The monoisotopic (exact) mass is 560 g/mol. The van der Waals surface area contributed by atoms with Crippen molar-refractivity contribution in [3.05, 3.63) is 56.5 Å². The first kappa shape index (κ1) is 25.1. The van der Waals surface area contributed by atoms with Crippen molar-refractivity contribution in [1.82, 2.24) is 0 Å². The number of hydrogen-bond acceptors (Lipinski definition) is 6. The van der Waals surface area contributed by atoms with Gasteiger partial charge in [-0.05, 0) is 50.2 Å². The van der Waals surface area contributed by atoms with E-state index in [0.717, 1.165) is 17.5 Å². The molecule has 0 amide bonds. The van der Waals surface area contributed by atoms with Crippen LogP contribution in [-0.2, 0) is 10.1 Å². The van der Waals surface area contributed by atoms with E-state index in [9.17, 15) is 31.2 Å². The van der Waals surface area contributed by atoms with Crippen LogP contribution >= 0.6 is 31.9 Å². The lowest BCUT2D eigenvalue weighted by molar-refractivity contribution is -0.0500. The molecule has 0 bridgehead atoms. The second-order valence-electron chi connectivity index (χ2n) is 5.40. The maximum Gasteiger partial charge on any atom is 0.534 e. The Hall–Kier alpha value is -1.92. The van der Waals surface area contributed by atoms with Crippen LogP contribution in [0.2, 0.25) is 0 Å². The zero-order chi connectivity index (χ0) is 22.6. The van der Waals surface area contributed by atoms with Gasteiger partial charge in [-0.3, -0.25) is 9.59 Å². The fourth-order valence-corrected chi connectivity index (χ4v) is 3.00. The van der Waals surface area contributed by atoms with E-state index >= 15 is 0 Å². The van der Waals surface area contributed by atoms with Crippen molar-refractivity contribution in [3.8, 4) is 11.5 Å². The first-order chi connectivity index (χ1) is 13.2. The molecule has 0 aliphatic rings. The van der Waals surface area contributed by atoms with Crippen molar-refractivity contribution < 1.29 is 40.5 Å². The fourth-order valence-electron chi connectivity index (χ4n) is 1.81. The number of halogens is 5. The van der Waals surface area contributed by atoms with Crippen LogP contribution in [-0.4, -0.2) is 30.6 Å². The number of rotatable bonds is 4. The molecule has 2 aromatic rings. The lowest BCUT2D eigenvalue weighted by Crippen LogP contribution is -2.28. The quantitative estimate of drug-likeness (QED) is 0.311. The molecule has 0 spiro atoms. The molecule has 0 saturated carbocycles. The molecule has 6 nitrogen and oxygen atoms in total. The summed E-state index contributed by atoms with van der Waals surface area (Å²) in [6, 6.07) is 8.15. The summed E-state index contributed by atoms with van der Waals surface area (Å²) in [7, 11) is -5.79. The minimum atomic E-state index is -5.79. The lowest BCUT2D eigenvalue weighted by Gasteiger charge is -2.11. The van der Waals surface area contributed by atoms with Crippen molar-refractivity contribution in [3.63, 3.8) is 0 Å². The zero-order valence-electron chi connectivity index (χ0n) is 14.8. The first-order valence-corrected chi connectivity index (χ1v) is 10.5. The molecule has 0 radical (unpaired) electrons. The minimum Gasteiger partial charge on any atom is -0.507 e. The van der Waals surface area contributed by atoms with Gasteiger partial charge in [0.2, 0.25) is 0 Å². The van der Waals surface area contributed by atoms with Crippen molar-refractivity contribution in [2.24, 2.45) is 0 Å². The van der Waals surface area contributed by atoms with Gasteiger partial charge in [-0.25, -0.2) is 0 Å². The van der Waals surface area contributed by atoms with Crippen LogP contribution in [0.3, 0.4) is 0 Å². The van der Waals surface area contributed by atoms with E-state index in [4.69, 9.17) is 5.11 Å². The van der Waals surface area contributed by atoms with Crippen molar-refractivity contribution in [2.45, 2.75) is 19.4 Å². The van der Waals surface area contributed by atoms with Gasteiger partial charge < -0.3 is 9.29 Å². The molecule has 1 N–H and O–H groups in total. The van der Waals surface area contributed by atoms with E-state index in [1.807, 2.05) is 0 Å². The predicted molar refractivity (Wildman–Crippen MR) is 106 cm³/mol. The highest BCUT2D eigenvalue weighted by atomic mass is 79.9. The molecule has 2 aromatic carbocycles. The number of carbonyl (C=O) groups excluding carboxylic acids is 2. The summed E-state index contributed by atoms with van der Waals surface area (Å²) in [5.41, 5.74) is -5.47. The Balaban J connectivity index is 0.000000326. The molecule has 29 heavy (non-hydrogen) atoms. The number of alkyl halides is 3. The van der Waals surface area contributed by atoms with E-state index in [1.54, 1.807) is 12.1 Å². The molecule has 2 rings (SSSR count). The molecule has 0 aliphatic carbocycles. The molecule has 0 aromatic heterocycles. The van der Waals surface area contributed by atoms with Crippen LogP contribution in [0.1, 0.15) is 34.6 Å². The normalized spacial score (nSPS) is 11.3. The van der Waals surface area contributed by atoms with Gasteiger partial charge in [0.05, 0.1) is 11.1 Å². The Morgan fingerprint density at radius 3 is 1.79 bits per heavy atom. The summed E-state index contributed by atoms with van der Waals surface area (Å²) in [6.45, 7) is 2.50.